The molecule has 0 saturated carbocycles. The Morgan fingerprint density at radius 1 is 0.897 bits per heavy atom. The Kier molecular flexibility index (Phi) is 8.16. The number of nitrogens with zero attached hydrogens (tertiary/aromatic N) is 4. The van der Waals surface area contributed by atoms with Crippen molar-refractivity contribution in [1.29, 1.82) is 0 Å². The summed E-state index contributed by atoms with van der Waals surface area (Å²) in [5.74, 6) is 1.68. The highest BCUT2D eigenvalue weighted by Gasteiger charge is 2.20. The van der Waals surface area contributed by atoms with Gasteiger partial charge in [0.15, 0.2) is 10.2 Å². The third-order valence-electron chi connectivity index (χ3n) is 4.00. The number of rotatable bonds is 3. The standard InChI is InChI=1S/C10H18N4S.C9H16N4S/c1-5-14-8(12-9(11)15)6-7(13-14)10(2,3)4;1-9(2,3)6-5-7(11-8(10)14)13(4)12-6/h6H,5H2,1-4H3,(H3,11,12,15);5H,1-4H3,(H3,10,11,14). The smallest absolute Gasteiger partial charge is 0.169 e. The van der Waals surface area contributed by atoms with E-state index in [2.05, 4.69) is 62.4 Å². The Morgan fingerprint density at radius 3 is 1.69 bits per heavy atom. The molecule has 0 aromatic carbocycles. The van der Waals surface area contributed by atoms with Gasteiger partial charge >= 0.3 is 0 Å². The predicted molar refractivity (Wildman–Crippen MR) is 129 cm³/mol. The van der Waals surface area contributed by atoms with Crippen molar-refractivity contribution >= 4 is 46.3 Å². The second kappa shape index (κ2) is 9.53. The zero-order chi connectivity index (χ0) is 22.6. The maximum Gasteiger partial charge on any atom is 0.169 e. The lowest BCUT2D eigenvalue weighted by molar-refractivity contribution is 0.542. The Morgan fingerprint density at radius 2 is 1.31 bits per heavy atom. The summed E-state index contributed by atoms with van der Waals surface area (Å²) in [4.78, 5) is 0. The third-order valence-corrected chi connectivity index (χ3v) is 4.20. The van der Waals surface area contributed by atoms with E-state index in [0.717, 1.165) is 29.6 Å². The number of thiocarbonyl (C=S) groups is 2. The average Bonchev–Trinajstić information content (AvgIpc) is 3.10. The van der Waals surface area contributed by atoms with E-state index in [0.29, 0.717) is 0 Å². The molecule has 8 nitrogen and oxygen atoms in total. The molecule has 162 valence electrons. The molecule has 2 aromatic rings. The number of nitrogens with one attached hydrogen (secondary N) is 2. The van der Waals surface area contributed by atoms with Gasteiger partial charge in [-0.25, -0.2) is 4.68 Å². The summed E-state index contributed by atoms with van der Waals surface area (Å²) in [6.07, 6.45) is 0. The quantitative estimate of drug-likeness (QED) is 0.541. The van der Waals surface area contributed by atoms with E-state index < -0.39 is 0 Å². The van der Waals surface area contributed by atoms with Gasteiger partial charge in [0.1, 0.15) is 11.6 Å². The first-order valence-corrected chi connectivity index (χ1v) is 10.2. The van der Waals surface area contributed by atoms with Gasteiger partial charge in [-0.3, -0.25) is 4.68 Å². The van der Waals surface area contributed by atoms with Crippen LogP contribution >= 0.6 is 24.4 Å². The van der Waals surface area contributed by atoms with E-state index in [-0.39, 0.29) is 21.1 Å². The minimum Gasteiger partial charge on any atom is -0.376 e. The fraction of sp³-hybridized carbons (Fsp3) is 0.579. The number of aryl methyl sites for hydroxylation is 2. The van der Waals surface area contributed by atoms with Crippen molar-refractivity contribution in [2.75, 3.05) is 10.6 Å². The molecule has 2 heterocycles. The summed E-state index contributed by atoms with van der Waals surface area (Å²) in [7, 11) is 1.86. The molecule has 0 aliphatic heterocycles. The van der Waals surface area contributed by atoms with E-state index >= 15 is 0 Å². The molecular weight excluding hydrogens is 404 g/mol. The molecule has 0 saturated heterocycles. The summed E-state index contributed by atoms with van der Waals surface area (Å²) in [5, 5.41) is 15.2. The summed E-state index contributed by atoms with van der Waals surface area (Å²) < 4.78 is 3.60. The molecule has 0 bridgehead atoms. The normalized spacial score (nSPS) is 11.4. The van der Waals surface area contributed by atoms with Crippen LogP contribution in [0.5, 0.6) is 0 Å². The molecule has 10 heteroatoms. The van der Waals surface area contributed by atoms with Gasteiger partial charge in [-0.05, 0) is 31.4 Å². The summed E-state index contributed by atoms with van der Waals surface area (Å²) >= 11 is 9.58. The van der Waals surface area contributed by atoms with Crippen LogP contribution in [-0.4, -0.2) is 29.8 Å². The van der Waals surface area contributed by atoms with Crippen molar-refractivity contribution in [1.82, 2.24) is 19.6 Å². The zero-order valence-corrected chi connectivity index (χ0v) is 20.3. The van der Waals surface area contributed by atoms with Crippen molar-refractivity contribution in [3.8, 4) is 0 Å². The third kappa shape index (κ3) is 7.62. The fourth-order valence-corrected chi connectivity index (χ4v) is 2.54. The van der Waals surface area contributed by atoms with Gasteiger partial charge in [0, 0.05) is 36.6 Å². The molecule has 0 radical (unpaired) electrons. The van der Waals surface area contributed by atoms with Crippen LogP contribution in [0, 0.1) is 0 Å². The van der Waals surface area contributed by atoms with Crippen LogP contribution in [0.1, 0.15) is 59.9 Å². The van der Waals surface area contributed by atoms with E-state index in [1.54, 1.807) is 4.68 Å². The number of hydrogen-bond donors (Lipinski definition) is 4. The maximum absolute atomic E-state index is 5.45. The molecule has 2 aromatic heterocycles. The monoisotopic (exact) mass is 438 g/mol. The molecule has 0 aliphatic rings. The van der Waals surface area contributed by atoms with Gasteiger partial charge in [-0.15, -0.1) is 0 Å². The van der Waals surface area contributed by atoms with Gasteiger partial charge in [0.25, 0.3) is 0 Å². The highest BCUT2D eigenvalue weighted by molar-refractivity contribution is 7.80. The van der Waals surface area contributed by atoms with Crippen LogP contribution in [0.25, 0.3) is 0 Å². The molecule has 0 amide bonds. The van der Waals surface area contributed by atoms with Crippen LogP contribution in [0.2, 0.25) is 0 Å². The van der Waals surface area contributed by atoms with Gasteiger partial charge in [-0.1, -0.05) is 41.5 Å². The minimum absolute atomic E-state index is 0.0348. The second-order valence-electron chi connectivity index (χ2n) is 8.75. The van der Waals surface area contributed by atoms with E-state index in [1.165, 1.54) is 0 Å². The lowest BCUT2D eigenvalue weighted by Gasteiger charge is -2.13. The summed E-state index contributed by atoms with van der Waals surface area (Å²) in [6.45, 7) is 15.5. The molecule has 0 fully saturated rings. The van der Waals surface area contributed by atoms with Gasteiger partial charge in [0.05, 0.1) is 11.4 Å². The fourth-order valence-electron chi connectivity index (χ4n) is 2.33. The van der Waals surface area contributed by atoms with E-state index in [9.17, 15) is 0 Å². The van der Waals surface area contributed by atoms with Crippen molar-refractivity contribution in [2.45, 2.75) is 65.8 Å². The highest BCUT2D eigenvalue weighted by atomic mass is 32.1. The second-order valence-corrected chi connectivity index (χ2v) is 9.63. The SMILES string of the molecule is CCn1nc(C(C)(C)C)cc1NC(N)=S.Cn1nc(C(C)(C)C)cc1NC(N)=S. The van der Waals surface area contributed by atoms with Gasteiger partial charge in [-0.2, -0.15) is 10.2 Å². The molecule has 0 spiro atoms. The Bertz CT molecular complexity index is 853. The van der Waals surface area contributed by atoms with Gasteiger partial charge < -0.3 is 22.1 Å². The molecule has 0 unspecified atom stereocenters. The van der Waals surface area contributed by atoms with Crippen LogP contribution < -0.4 is 22.1 Å². The average molecular weight is 439 g/mol. The lowest BCUT2D eigenvalue weighted by Crippen LogP contribution is -2.21. The van der Waals surface area contributed by atoms with Crippen LogP contribution in [0.4, 0.5) is 11.6 Å². The number of aromatic nitrogens is 4. The largest absolute Gasteiger partial charge is 0.376 e. The van der Waals surface area contributed by atoms with Crippen molar-refractivity contribution in [3.05, 3.63) is 23.5 Å². The highest BCUT2D eigenvalue weighted by Crippen LogP contribution is 2.24. The Hall–Kier alpha value is -2.20. The first-order chi connectivity index (χ1) is 13.1. The summed E-state index contributed by atoms with van der Waals surface area (Å²) in [6, 6.07) is 3.95. The predicted octanol–water partition coefficient (Wildman–Crippen LogP) is 3.23. The first-order valence-electron chi connectivity index (χ1n) is 9.41. The molecule has 29 heavy (non-hydrogen) atoms. The Balaban J connectivity index is 0.000000291. The maximum atomic E-state index is 5.45. The van der Waals surface area contributed by atoms with E-state index in [4.69, 9.17) is 35.9 Å². The van der Waals surface area contributed by atoms with Crippen molar-refractivity contribution in [3.63, 3.8) is 0 Å². The van der Waals surface area contributed by atoms with Crippen molar-refractivity contribution in [2.24, 2.45) is 18.5 Å². The van der Waals surface area contributed by atoms with Crippen molar-refractivity contribution < 1.29 is 0 Å². The summed E-state index contributed by atoms with van der Waals surface area (Å²) in [5.41, 5.74) is 13.0. The molecule has 2 rings (SSSR count). The van der Waals surface area contributed by atoms with Crippen LogP contribution in [-0.2, 0) is 24.4 Å². The minimum atomic E-state index is 0.0348. The molecular formula is C19H34N8S2. The molecule has 0 atom stereocenters. The topological polar surface area (TPSA) is 112 Å². The number of nitrogens with two attached hydrogens (primary N) is 2. The number of hydrogen-bond acceptors (Lipinski definition) is 4. The van der Waals surface area contributed by atoms with E-state index in [1.807, 2.05) is 30.8 Å². The number of anilines is 2. The van der Waals surface area contributed by atoms with Crippen LogP contribution in [0.15, 0.2) is 12.1 Å². The van der Waals surface area contributed by atoms with Crippen LogP contribution in [0.3, 0.4) is 0 Å². The first kappa shape index (κ1) is 24.8. The molecule has 0 aliphatic carbocycles. The molecule has 6 N–H and O–H groups in total. The van der Waals surface area contributed by atoms with Gasteiger partial charge in [0.2, 0.25) is 0 Å². The lowest BCUT2D eigenvalue weighted by atomic mass is 9.92. The Labute approximate surface area is 184 Å². The zero-order valence-electron chi connectivity index (χ0n) is 18.6.